The zero-order valence-electron chi connectivity index (χ0n) is 19.1. The van der Waals surface area contributed by atoms with E-state index in [9.17, 15) is 15.0 Å². The Hall–Kier alpha value is -3.11. The molecule has 0 saturated carbocycles. The van der Waals surface area contributed by atoms with Gasteiger partial charge in [-0.2, -0.15) is 8.75 Å². The molecule has 2 atom stereocenters. The van der Waals surface area contributed by atoms with E-state index in [1.807, 2.05) is 19.9 Å². The highest BCUT2D eigenvalue weighted by Crippen LogP contribution is 2.36. The zero-order chi connectivity index (χ0) is 23.7. The number of para-hydroxylation sites is 1. The first kappa shape index (κ1) is 23.1. The number of aryl methyl sites for hydroxylation is 2. The number of β-amino-alcohol motifs (C(OH)–C–C–N with tert-alkyl or cyclic N) is 1. The van der Waals surface area contributed by atoms with E-state index >= 15 is 0 Å². The minimum atomic E-state index is -0.525. The molecule has 33 heavy (non-hydrogen) atoms. The fourth-order valence-corrected chi connectivity index (χ4v) is 4.35. The number of rotatable bonds is 7. The number of phenolic OH excluding ortho intramolecular Hbond substituents is 1. The van der Waals surface area contributed by atoms with Crippen LogP contribution in [0.3, 0.4) is 0 Å². The summed E-state index contributed by atoms with van der Waals surface area (Å²) in [4.78, 5) is 14.4. The average molecular weight is 472 g/mol. The number of aromatic hydroxyl groups is 1. The predicted molar refractivity (Wildman–Crippen MR) is 127 cm³/mol. The van der Waals surface area contributed by atoms with Gasteiger partial charge in [0.25, 0.3) is 5.91 Å². The number of carbonyl (C=O) groups is 1. The monoisotopic (exact) mass is 471 g/mol. The number of furan rings is 1. The molecule has 176 valence electrons. The van der Waals surface area contributed by atoms with Gasteiger partial charge in [-0.05, 0) is 49.9 Å². The lowest BCUT2D eigenvalue weighted by Gasteiger charge is -2.21. The second kappa shape index (κ2) is 9.40. The van der Waals surface area contributed by atoms with Crippen LogP contribution in [-0.4, -0.2) is 49.0 Å². The third-order valence-electron chi connectivity index (χ3n) is 5.91. The Morgan fingerprint density at radius 3 is 2.67 bits per heavy atom. The van der Waals surface area contributed by atoms with E-state index in [0.717, 1.165) is 28.8 Å². The van der Waals surface area contributed by atoms with E-state index in [2.05, 4.69) is 33.2 Å². The molecule has 1 aromatic carbocycles. The number of likely N-dealkylation sites (tertiary alicyclic amines) is 1. The highest BCUT2D eigenvalue weighted by molar-refractivity contribution is 6.99. The van der Waals surface area contributed by atoms with Gasteiger partial charge in [-0.25, -0.2) is 0 Å². The fourth-order valence-electron chi connectivity index (χ4n) is 3.88. The second-order valence-corrected chi connectivity index (χ2v) is 9.26. The van der Waals surface area contributed by atoms with Crippen molar-refractivity contribution in [3.63, 3.8) is 0 Å². The second-order valence-electron chi connectivity index (χ2n) is 8.74. The Labute approximate surface area is 196 Å². The molecule has 3 aromatic rings. The molecule has 1 fully saturated rings. The van der Waals surface area contributed by atoms with Crippen molar-refractivity contribution in [2.75, 3.05) is 23.7 Å². The van der Waals surface area contributed by atoms with Crippen molar-refractivity contribution >= 4 is 35.0 Å². The van der Waals surface area contributed by atoms with E-state index in [0.29, 0.717) is 30.3 Å². The summed E-state index contributed by atoms with van der Waals surface area (Å²) in [5.74, 6) is 2.42. The number of nitrogens with one attached hydrogen (secondary N) is 2. The number of aliphatic hydroxyl groups is 1. The fraction of sp³-hybridized carbons (Fsp3) is 0.435. The summed E-state index contributed by atoms with van der Waals surface area (Å²) in [7, 11) is 0. The number of benzene rings is 1. The molecule has 0 aliphatic carbocycles. The van der Waals surface area contributed by atoms with E-state index < -0.39 is 6.10 Å². The molecular formula is C23H29N5O4S. The smallest absolute Gasteiger partial charge is 0.257 e. The number of amides is 1. The SMILES string of the molecule is Cc1cc(C(Nc2nsnc2Nc2cccc(C(=O)N3CCC(O)C3)c2O)C(C)C)oc1C. The number of aromatic nitrogens is 2. The lowest BCUT2D eigenvalue weighted by molar-refractivity contribution is 0.0762. The van der Waals surface area contributed by atoms with Gasteiger partial charge in [0.05, 0.1) is 35.1 Å². The van der Waals surface area contributed by atoms with E-state index in [4.69, 9.17) is 4.42 Å². The Bertz CT molecular complexity index is 1120. The number of hydrogen-bond acceptors (Lipinski definition) is 9. The topological polar surface area (TPSA) is 124 Å². The van der Waals surface area contributed by atoms with Crippen molar-refractivity contribution in [2.45, 2.75) is 46.3 Å². The van der Waals surface area contributed by atoms with Crippen molar-refractivity contribution in [3.05, 3.63) is 46.9 Å². The van der Waals surface area contributed by atoms with Crippen LogP contribution in [0.2, 0.25) is 0 Å². The quantitative estimate of drug-likeness (QED) is 0.378. The molecule has 1 aliphatic heterocycles. The summed E-state index contributed by atoms with van der Waals surface area (Å²) in [5, 5.41) is 27.0. The minimum absolute atomic E-state index is 0.120. The molecule has 0 spiro atoms. The van der Waals surface area contributed by atoms with Crippen LogP contribution >= 0.6 is 11.7 Å². The number of carbonyl (C=O) groups excluding carboxylic acids is 1. The van der Waals surface area contributed by atoms with Gasteiger partial charge in [-0.15, -0.1) is 0 Å². The Balaban J connectivity index is 1.55. The molecule has 3 heterocycles. The molecule has 9 nitrogen and oxygen atoms in total. The molecule has 1 amide bonds. The largest absolute Gasteiger partial charge is 0.505 e. The predicted octanol–water partition coefficient (Wildman–Crippen LogP) is 4.21. The van der Waals surface area contributed by atoms with E-state index in [-0.39, 0.29) is 35.7 Å². The van der Waals surface area contributed by atoms with Gasteiger partial charge >= 0.3 is 0 Å². The summed E-state index contributed by atoms with van der Waals surface area (Å²) in [5.41, 5.74) is 1.61. The number of hydrogen-bond donors (Lipinski definition) is 4. The standard InChI is InChI=1S/C23H29N5O4S/c1-12(2)19(18-10-13(3)14(4)32-18)25-22-21(26-33-27-22)24-17-7-5-6-16(20(17)30)23(31)28-9-8-15(29)11-28/h5-7,10,12,15,19,29-30H,8-9,11H2,1-4H3,(H,24,26)(H,25,27). The zero-order valence-corrected chi connectivity index (χ0v) is 19.9. The van der Waals surface area contributed by atoms with Crippen LogP contribution in [-0.2, 0) is 0 Å². The lowest BCUT2D eigenvalue weighted by atomic mass is 10.0. The lowest BCUT2D eigenvalue weighted by Crippen LogP contribution is -2.29. The van der Waals surface area contributed by atoms with Gasteiger partial charge in [0.1, 0.15) is 11.5 Å². The van der Waals surface area contributed by atoms with Crippen LogP contribution in [0.15, 0.2) is 28.7 Å². The highest BCUT2D eigenvalue weighted by atomic mass is 32.1. The van der Waals surface area contributed by atoms with Crippen LogP contribution in [0.25, 0.3) is 0 Å². The number of anilines is 3. The molecular weight excluding hydrogens is 442 g/mol. The van der Waals surface area contributed by atoms with Crippen molar-refractivity contribution in [3.8, 4) is 5.75 Å². The number of nitrogens with zero attached hydrogens (tertiary/aromatic N) is 3. The summed E-state index contributed by atoms with van der Waals surface area (Å²) in [6.07, 6.45) is 0.0122. The first-order chi connectivity index (χ1) is 15.7. The average Bonchev–Trinajstić information content (AvgIpc) is 3.48. The van der Waals surface area contributed by atoms with Gasteiger partial charge in [-0.1, -0.05) is 19.9 Å². The molecule has 1 aliphatic rings. The van der Waals surface area contributed by atoms with Gasteiger partial charge in [0, 0.05) is 13.1 Å². The third-order valence-corrected chi connectivity index (χ3v) is 6.44. The Kier molecular flexibility index (Phi) is 6.57. The third kappa shape index (κ3) is 4.81. The van der Waals surface area contributed by atoms with Crippen LogP contribution < -0.4 is 10.6 Å². The van der Waals surface area contributed by atoms with E-state index in [1.165, 1.54) is 0 Å². The maximum atomic E-state index is 12.8. The van der Waals surface area contributed by atoms with Crippen molar-refractivity contribution in [2.24, 2.45) is 5.92 Å². The Morgan fingerprint density at radius 1 is 1.27 bits per heavy atom. The van der Waals surface area contributed by atoms with E-state index in [1.54, 1.807) is 23.1 Å². The van der Waals surface area contributed by atoms with Crippen molar-refractivity contribution in [1.82, 2.24) is 13.6 Å². The molecule has 4 N–H and O–H groups in total. The summed E-state index contributed by atoms with van der Waals surface area (Å²) < 4.78 is 14.6. The van der Waals surface area contributed by atoms with Crippen molar-refractivity contribution < 1.29 is 19.4 Å². The number of aliphatic hydroxyl groups excluding tert-OH is 1. The van der Waals surface area contributed by atoms with Gasteiger partial charge in [0.15, 0.2) is 17.4 Å². The Morgan fingerprint density at radius 2 is 2.03 bits per heavy atom. The van der Waals surface area contributed by atoms with Gasteiger partial charge in [0.2, 0.25) is 0 Å². The van der Waals surface area contributed by atoms with Gasteiger partial charge in [-0.3, -0.25) is 4.79 Å². The van der Waals surface area contributed by atoms with Crippen LogP contribution in [0.5, 0.6) is 5.75 Å². The molecule has 0 bridgehead atoms. The normalized spacial score (nSPS) is 16.9. The van der Waals surface area contributed by atoms with Crippen LogP contribution in [0.4, 0.5) is 17.3 Å². The first-order valence-electron chi connectivity index (χ1n) is 11.0. The maximum Gasteiger partial charge on any atom is 0.257 e. The minimum Gasteiger partial charge on any atom is -0.505 e. The number of phenols is 1. The molecule has 2 unspecified atom stereocenters. The summed E-state index contributed by atoms with van der Waals surface area (Å²) in [6, 6.07) is 6.84. The summed E-state index contributed by atoms with van der Waals surface area (Å²) in [6.45, 7) is 8.86. The highest BCUT2D eigenvalue weighted by Gasteiger charge is 2.28. The molecule has 1 saturated heterocycles. The van der Waals surface area contributed by atoms with Crippen molar-refractivity contribution in [1.29, 1.82) is 0 Å². The van der Waals surface area contributed by atoms with Gasteiger partial charge < -0.3 is 30.2 Å². The van der Waals surface area contributed by atoms with Crippen LogP contribution in [0, 0.1) is 19.8 Å². The molecule has 0 radical (unpaired) electrons. The summed E-state index contributed by atoms with van der Waals surface area (Å²) >= 11 is 1.04. The molecule has 2 aromatic heterocycles. The van der Waals surface area contributed by atoms with Crippen LogP contribution in [0.1, 0.15) is 53.8 Å². The first-order valence-corrected chi connectivity index (χ1v) is 11.7. The maximum absolute atomic E-state index is 12.8. The molecule has 4 rings (SSSR count). The molecule has 10 heteroatoms.